The molecule has 1 aliphatic heterocycles. The summed E-state index contributed by atoms with van der Waals surface area (Å²) in [5, 5.41) is 3.05. The summed E-state index contributed by atoms with van der Waals surface area (Å²) in [4.78, 5) is 13.6. The lowest BCUT2D eigenvalue weighted by Gasteiger charge is -2.21. The molecule has 0 unspecified atom stereocenters. The van der Waals surface area contributed by atoms with Gasteiger partial charge in [0.15, 0.2) is 0 Å². The van der Waals surface area contributed by atoms with Crippen molar-refractivity contribution in [1.82, 2.24) is 10.2 Å². The highest BCUT2D eigenvalue weighted by atomic mass is 16.2. The molecule has 14 heavy (non-hydrogen) atoms. The lowest BCUT2D eigenvalue weighted by molar-refractivity contribution is 0.0818. The molecule has 1 amide bonds. The molecule has 0 aromatic heterocycles. The van der Waals surface area contributed by atoms with E-state index in [-0.39, 0.29) is 5.91 Å². The van der Waals surface area contributed by atoms with Crippen molar-refractivity contribution in [3.05, 3.63) is 48.3 Å². The number of carbonyl (C=O) groups is 1. The number of nitrogens with one attached hydrogen (secondary N) is 1. The quantitative estimate of drug-likeness (QED) is 0.718. The molecule has 1 N–H and O–H groups in total. The van der Waals surface area contributed by atoms with Gasteiger partial charge in [-0.2, -0.15) is 0 Å². The number of hydrogen-bond donors (Lipinski definition) is 1. The zero-order chi connectivity index (χ0) is 9.80. The highest BCUT2D eigenvalue weighted by Gasteiger charge is 2.13. The maximum Gasteiger partial charge on any atom is 0.257 e. The summed E-state index contributed by atoms with van der Waals surface area (Å²) < 4.78 is 0. The first-order valence-electron chi connectivity index (χ1n) is 4.64. The van der Waals surface area contributed by atoms with Gasteiger partial charge in [0.25, 0.3) is 5.91 Å². The molecule has 0 saturated carbocycles. The van der Waals surface area contributed by atoms with E-state index in [9.17, 15) is 4.79 Å². The topological polar surface area (TPSA) is 32.3 Å². The van der Waals surface area contributed by atoms with Crippen LogP contribution in [0.4, 0.5) is 0 Å². The van der Waals surface area contributed by atoms with E-state index in [0.717, 1.165) is 18.7 Å². The number of amides is 1. The number of rotatable bonds is 1. The monoisotopic (exact) mass is 188 g/mol. The molecule has 3 heteroatoms. The molecule has 3 nitrogen and oxygen atoms in total. The minimum absolute atomic E-state index is 0.0587. The van der Waals surface area contributed by atoms with Gasteiger partial charge >= 0.3 is 0 Å². The van der Waals surface area contributed by atoms with Crippen LogP contribution >= 0.6 is 0 Å². The van der Waals surface area contributed by atoms with Gasteiger partial charge in [-0.25, -0.2) is 0 Å². The van der Waals surface area contributed by atoms with E-state index in [0.29, 0.717) is 0 Å². The maximum atomic E-state index is 11.8. The van der Waals surface area contributed by atoms with Crippen molar-refractivity contribution in [3.8, 4) is 0 Å². The molecule has 1 aromatic carbocycles. The van der Waals surface area contributed by atoms with Gasteiger partial charge in [0.1, 0.15) is 0 Å². The van der Waals surface area contributed by atoms with Crippen LogP contribution in [-0.2, 0) is 0 Å². The lowest BCUT2D eigenvalue weighted by Crippen LogP contribution is -2.35. The normalized spacial score (nSPS) is 15.0. The maximum absolute atomic E-state index is 11.8. The number of carbonyl (C=O) groups excluding carboxylic acids is 1. The van der Waals surface area contributed by atoms with Crippen molar-refractivity contribution in [1.29, 1.82) is 0 Å². The average molecular weight is 188 g/mol. The lowest BCUT2D eigenvalue weighted by atomic mass is 10.2. The summed E-state index contributed by atoms with van der Waals surface area (Å²) in [5.41, 5.74) is 0.735. The van der Waals surface area contributed by atoms with Crippen molar-refractivity contribution in [3.63, 3.8) is 0 Å². The smallest absolute Gasteiger partial charge is 0.257 e. The number of nitrogens with zero attached hydrogens (tertiary/aromatic N) is 1. The SMILES string of the molecule is O=C(c1ccccc1)N1C=CNCC1. The Hall–Kier alpha value is -1.77. The Morgan fingerprint density at radius 2 is 2.07 bits per heavy atom. The second-order valence-electron chi connectivity index (χ2n) is 3.13. The van der Waals surface area contributed by atoms with Crippen LogP contribution < -0.4 is 5.32 Å². The largest absolute Gasteiger partial charge is 0.388 e. The van der Waals surface area contributed by atoms with Crippen LogP contribution in [0.2, 0.25) is 0 Å². The standard InChI is InChI=1S/C11H12N2O/c14-11(10-4-2-1-3-5-10)13-8-6-12-7-9-13/h1-6,8,12H,7,9H2. The zero-order valence-corrected chi connectivity index (χ0v) is 7.81. The molecule has 0 bridgehead atoms. The third kappa shape index (κ3) is 1.76. The van der Waals surface area contributed by atoms with Gasteiger partial charge < -0.3 is 10.2 Å². The third-order valence-corrected chi connectivity index (χ3v) is 2.15. The van der Waals surface area contributed by atoms with Gasteiger partial charge in [-0.3, -0.25) is 4.79 Å². The molecule has 0 radical (unpaired) electrons. The minimum atomic E-state index is 0.0587. The van der Waals surface area contributed by atoms with Crippen LogP contribution in [0.1, 0.15) is 10.4 Å². The van der Waals surface area contributed by atoms with Crippen molar-refractivity contribution in [2.75, 3.05) is 13.1 Å². The Bertz CT molecular complexity index is 346. The summed E-state index contributed by atoms with van der Waals surface area (Å²) in [6.07, 6.45) is 3.57. The molecule has 0 fully saturated rings. The van der Waals surface area contributed by atoms with Crippen LogP contribution in [0, 0.1) is 0 Å². The fraction of sp³-hybridized carbons (Fsp3) is 0.182. The Balaban J connectivity index is 2.16. The van der Waals surface area contributed by atoms with Crippen LogP contribution in [0.25, 0.3) is 0 Å². The van der Waals surface area contributed by atoms with E-state index >= 15 is 0 Å². The van der Waals surface area contributed by atoms with Gasteiger partial charge in [-0.05, 0) is 12.1 Å². The predicted octanol–water partition coefficient (Wildman–Crippen LogP) is 1.20. The van der Waals surface area contributed by atoms with Gasteiger partial charge in [-0.15, -0.1) is 0 Å². The summed E-state index contributed by atoms with van der Waals surface area (Å²) >= 11 is 0. The molecule has 2 rings (SSSR count). The number of benzene rings is 1. The first-order chi connectivity index (χ1) is 6.88. The summed E-state index contributed by atoms with van der Waals surface area (Å²) in [5.74, 6) is 0.0587. The Morgan fingerprint density at radius 3 is 2.71 bits per heavy atom. The molecule has 0 spiro atoms. The van der Waals surface area contributed by atoms with Gasteiger partial charge in [-0.1, -0.05) is 18.2 Å². The van der Waals surface area contributed by atoms with E-state index in [2.05, 4.69) is 5.32 Å². The molecule has 1 heterocycles. The first kappa shape index (κ1) is 8.81. The highest BCUT2D eigenvalue weighted by molar-refractivity contribution is 5.94. The average Bonchev–Trinajstić information content (AvgIpc) is 2.30. The van der Waals surface area contributed by atoms with E-state index in [1.54, 1.807) is 17.3 Å². The van der Waals surface area contributed by atoms with E-state index in [4.69, 9.17) is 0 Å². The van der Waals surface area contributed by atoms with Gasteiger partial charge in [0.05, 0.1) is 0 Å². The Kier molecular flexibility index (Phi) is 2.49. The fourth-order valence-electron chi connectivity index (χ4n) is 1.40. The molecule has 0 saturated heterocycles. The molecule has 0 atom stereocenters. The first-order valence-corrected chi connectivity index (χ1v) is 4.64. The Morgan fingerprint density at radius 1 is 1.29 bits per heavy atom. The van der Waals surface area contributed by atoms with E-state index in [1.165, 1.54) is 0 Å². The summed E-state index contributed by atoms with van der Waals surface area (Å²) in [6.45, 7) is 1.54. The molecule has 1 aromatic rings. The van der Waals surface area contributed by atoms with Crippen LogP contribution in [-0.4, -0.2) is 23.9 Å². The number of hydrogen-bond acceptors (Lipinski definition) is 2. The zero-order valence-electron chi connectivity index (χ0n) is 7.81. The van der Waals surface area contributed by atoms with Gasteiger partial charge in [0.2, 0.25) is 0 Å². The van der Waals surface area contributed by atoms with Crippen LogP contribution in [0.3, 0.4) is 0 Å². The van der Waals surface area contributed by atoms with E-state index in [1.807, 2.05) is 30.3 Å². The molecular formula is C11H12N2O. The molecule has 1 aliphatic rings. The second kappa shape index (κ2) is 3.96. The molecule has 72 valence electrons. The summed E-state index contributed by atoms with van der Waals surface area (Å²) in [7, 11) is 0. The van der Waals surface area contributed by atoms with Crippen molar-refractivity contribution in [2.24, 2.45) is 0 Å². The van der Waals surface area contributed by atoms with Crippen molar-refractivity contribution in [2.45, 2.75) is 0 Å². The highest BCUT2D eigenvalue weighted by Crippen LogP contribution is 2.05. The van der Waals surface area contributed by atoms with Crippen molar-refractivity contribution < 1.29 is 4.79 Å². The van der Waals surface area contributed by atoms with Crippen LogP contribution in [0.15, 0.2) is 42.7 Å². The van der Waals surface area contributed by atoms with E-state index < -0.39 is 0 Å². The van der Waals surface area contributed by atoms with Crippen LogP contribution in [0.5, 0.6) is 0 Å². The predicted molar refractivity (Wildman–Crippen MR) is 54.6 cm³/mol. The summed E-state index contributed by atoms with van der Waals surface area (Å²) in [6, 6.07) is 9.32. The van der Waals surface area contributed by atoms with Gasteiger partial charge in [0, 0.05) is 31.1 Å². The fourth-order valence-corrected chi connectivity index (χ4v) is 1.40. The third-order valence-electron chi connectivity index (χ3n) is 2.15. The Labute approximate surface area is 83.0 Å². The molecule has 0 aliphatic carbocycles. The molecular weight excluding hydrogens is 176 g/mol. The van der Waals surface area contributed by atoms with Crippen molar-refractivity contribution >= 4 is 5.91 Å². The second-order valence-corrected chi connectivity index (χ2v) is 3.13. The minimum Gasteiger partial charge on any atom is -0.388 e.